The molecule has 21 heavy (non-hydrogen) atoms. The summed E-state index contributed by atoms with van der Waals surface area (Å²) in [5.41, 5.74) is 6.44. The lowest BCUT2D eigenvalue weighted by atomic mass is 10.0. The molecule has 1 amide bonds. The van der Waals surface area contributed by atoms with Crippen molar-refractivity contribution in [2.24, 2.45) is 11.7 Å². The maximum absolute atomic E-state index is 12.0. The average molecular weight is 294 g/mol. The molecule has 0 aliphatic carbocycles. The van der Waals surface area contributed by atoms with Crippen molar-refractivity contribution in [3.63, 3.8) is 0 Å². The summed E-state index contributed by atoms with van der Waals surface area (Å²) in [5.74, 6) is -1.95. The number of carbonyl (C=O) groups excluding carboxylic acids is 1. The lowest BCUT2D eigenvalue weighted by Crippen LogP contribution is -2.48. The molecule has 0 bridgehead atoms. The van der Waals surface area contributed by atoms with E-state index in [0.29, 0.717) is 12.2 Å². The number of hydrogen-bond acceptors (Lipinski definition) is 5. The molecule has 1 saturated heterocycles. The number of ether oxygens (including phenoxy) is 1. The van der Waals surface area contributed by atoms with E-state index in [1.165, 1.54) is 12.1 Å². The van der Waals surface area contributed by atoms with Gasteiger partial charge in [0.15, 0.2) is 0 Å². The third-order valence-electron chi connectivity index (χ3n) is 3.45. The Hall–Kier alpha value is -2.12. The molecule has 1 aromatic rings. The van der Waals surface area contributed by atoms with Gasteiger partial charge in [-0.1, -0.05) is 12.1 Å². The molecule has 1 aliphatic heterocycles. The molecule has 1 aliphatic rings. The van der Waals surface area contributed by atoms with Crippen LogP contribution in [0.4, 0.5) is 0 Å². The molecule has 1 heterocycles. The third-order valence-corrected chi connectivity index (χ3v) is 3.45. The number of nitrogens with two attached hydrogens (primary N) is 1. The third kappa shape index (κ3) is 3.93. The molecule has 114 valence electrons. The standard InChI is InChI=1S/C14H18N2O5/c15-11-7-21-6-10(11)13(18)16-12(14(19)20)5-8-1-3-9(17)4-2-8/h1-4,10-12,17H,5-7,15H2,(H,16,18)(H,19,20)/t10?,11?,12-/m1/s1. The minimum atomic E-state index is -1.12. The molecule has 7 nitrogen and oxygen atoms in total. The number of carbonyl (C=O) groups is 2. The van der Waals surface area contributed by atoms with E-state index in [2.05, 4.69) is 5.32 Å². The van der Waals surface area contributed by atoms with E-state index >= 15 is 0 Å². The highest BCUT2D eigenvalue weighted by Gasteiger charge is 2.33. The van der Waals surface area contributed by atoms with Gasteiger partial charge in [0.1, 0.15) is 11.8 Å². The van der Waals surface area contributed by atoms with Crippen LogP contribution < -0.4 is 11.1 Å². The second-order valence-corrected chi connectivity index (χ2v) is 5.08. The summed E-state index contributed by atoms with van der Waals surface area (Å²) >= 11 is 0. The van der Waals surface area contributed by atoms with E-state index < -0.39 is 29.9 Å². The fraction of sp³-hybridized carbons (Fsp3) is 0.429. The Balaban J connectivity index is 2.00. The van der Waals surface area contributed by atoms with Crippen molar-refractivity contribution < 1.29 is 24.5 Å². The van der Waals surface area contributed by atoms with Crippen molar-refractivity contribution in [1.29, 1.82) is 0 Å². The molecule has 1 aromatic carbocycles. The Morgan fingerprint density at radius 3 is 2.52 bits per heavy atom. The van der Waals surface area contributed by atoms with Crippen LogP contribution in [-0.2, 0) is 20.7 Å². The molecule has 7 heteroatoms. The van der Waals surface area contributed by atoms with Crippen molar-refractivity contribution in [2.75, 3.05) is 13.2 Å². The highest BCUT2D eigenvalue weighted by molar-refractivity contribution is 5.85. The Morgan fingerprint density at radius 2 is 2.00 bits per heavy atom. The highest BCUT2D eigenvalue weighted by atomic mass is 16.5. The first-order chi connectivity index (χ1) is 9.97. The number of aromatic hydroxyl groups is 1. The molecule has 0 aromatic heterocycles. The summed E-state index contributed by atoms with van der Waals surface area (Å²) in [6.07, 6.45) is 0.129. The van der Waals surface area contributed by atoms with Gasteiger partial charge in [0, 0.05) is 12.5 Å². The van der Waals surface area contributed by atoms with Crippen LogP contribution in [0.5, 0.6) is 5.75 Å². The summed E-state index contributed by atoms with van der Waals surface area (Å²) in [5, 5.41) is 20.9. The summed E-state index contributed by atoms with van der Waals surface area (Å²) in [6, 6.07) is 4.71. The number of benzene rings is 1. The van der Waals surface area contributed by atoms with Crippen molar-refractivity contribution in [3.05, 3.63) is 29.8 Å². The Labute approximate surface area is 121 Å². The van der Waals surface area contributed by atoms with Crippen molar-refractivity contribution in [1.82, 2.24) is 5.32 Å². The van der Waals surface area contributed by atoms with Gasteiger partial charge in [0.05, 0.1) is 19.1 Å². The van der Waals surface area contributed by atoms with E-state index in [1.807, 2.05) is 0 Å². The monoisotopic (exact) mass is 294 g/mol. The maximum Gasteiger partial charge on any atom is 0.326 e. The summed E-state index contributed by atoms with van der Waals surface area (Å²) in [6.45, 7) is 0.506. The molecular weight excluding hydrogens is 276 g/mol. The van der Waals surface area contributed by atoms with E-state index in [9.17, 15) is 19.8 Å². The smallest absolute Gasteiger partial charge is 0.326 e. The van der Waals surface area contributed by atoms with Gasteiger partial charge in [0.2, 0.25) is 5.91 Å². The number of amides is 1. The Bertz CT molecular complexity index is 517. The van der Waals surface area contributed by atoms with Crippen LogP contribution in [-0.4, -0.2) is 47.4 Å². The number of carboxylic acids is 1. The minimum Gasteiger partial charge on any atom is -0.508 e. The quantitative estimate of drug-likeness (QED) is 0.579. The molecule has 0 saturated carbocycles. The molecule has 5 N–H and O–H groups in total. The van der Waals surface area contributed by atoms with Crippen LogP contribution in [0, 0.1) is 5.92 Å². The normalized spacial score (nSPS) is 22.7. The lowest BCUT2D eigenvalue weighted by molar-refractivity contribution is -0.142. The lowest BCUT2D eigenvalue weighted by Gasteiger charge is -2.18. The van der Waals surface area contributed by atoms with Gasteiger partial charge in [-0.3, -0.25) is 4.79 Å². The topological polar surface area (TPSA) is 122 Å². The van der Waals surface area contributed by atoms with E-state index in [1.54, 1.807) is 12.1 Å². The zero-order valence-corrected chi connectivity index (χ0v) is 11.4. The molecular formula is C14H18N2O5. The first-order valence-corrected chi connectivity index (χ1v) is 6.62. The maximum atomic E-state index is 12.0. The predicted molar refractivity (Wildman–Crippen MR) is 73.7 cm³/mol. The highest BCUT2D eigenvalue weighted by Crippen LogP contribution is 2.14. The second kappa shape index (κ2) is 6.55. The fourth-order valence-corrected chi connectivity index (χ4v) is 2.19. The molecule has 0 radical (unpaired) electrons. The summed E-state index contributed by atoms with van der Waals surface area (Å²) in [4.78, 5) is 23.3. The largest absolute Gasteiger partial charge is 0.508 e. The van der Waals surface area contributed by atoms with Crippen molar-refractivity contribution in [2.45, 2.75) is 18.5 Å². The van der Waals surface area contributed by atoms with Crippen LogP contribution in [0.1, 0.15) is 5.56 Å². The van der Waals surface area contributed by atoms with Gasteiger partial charge in [-0.15, -0.1) is 0 Å². The number of phenols is 1. The first-order valence-electron chi connectivity index (χ1n) is 6.62. The van der Waals surface area contributed by atoms with Crippen LogP contribution in [0.15, 0.2) is 24.3 Å². The van der Waals surface area contributed by atoms with Gasteiger partial charge in [-0.05, 0) is 17.7 Å². The van der Waals surface area contributed by atoms with Gasteiger partial charge in [0.25, 0.3) is 0 Å². The summed E-state index contributed by atoms with van der Waals surface area (Å²) < 4.78 is 5.10. The number of phenolic OH excluding ortho intramolecular Hbond substituents is 1. The average Bonchev–Trinajstić information content (AvgIpc) is 2.86. The van der Waals surface area contributed by atoms with Crippen LogP contribution in [0.3, 0.4) is 0 Å². The molecule has 3 atom stereocenters. The number of aliphatic carboxylic acids is 1. The number of carboxylic acid groups (broad SMARTS) is 1. The fourth-order valence-electron chi connectivity index (χ4n) is 2.19. The van der Waals surface area contributed by atoms with E-state index in [-0.39, 0.29) is 18.8 Å². The van der Waals surface area contributed by atoms with E-state index in [4.69, 9.17) is 10.5 Å². The zero-order valence-electron chi connectivity index (χ0n) is 11.4. The van der Waals surface area contributed by atoms with Gasteiger partial charge >= 0.3 is 5.97 Å². The molecule has 2 rings (SSSR count). The number of hydrogen-bond donors (Lipinski definition) is 4. The first kappa shape index (κ1) is 15.3. The van der Waals surface area contributed by atoms with Gasteiger partial charge in [-0.2, -0.15) is 0 Å². The molecule has 0 spiro atoms. The van der Waals surface area contributed by atoms with Gasteiger partial charge < -0.3 is 26.0 Å². The van der Waals surface area contributed by atoms with Crippen molar-refractivity contribution >= 4 is 11.9 Å². The SMILES string of the molecule is NC1COCC1C(=O)N[C@H](Cc1ccc(O)cc1)C(=O)O. The van der Waals surface area contributed by atoms with Crippen LogP contribution in [0.2, 0.25) is 0 Å². The summed E-state index contributed by atoms with van der Waals surface area (Å²) in [7, 11) is 0. The predicted octanol–water partition coefficient (Wildman–Crippen LogP) is -0.522. The number of nitrogens with one attached hydrogen (secondary N) is 1. The Kier molecular flexibility index (Phi) is 4.77. The number of rotatable bonds is 5. The van der Waals surface area contributed by atoms with Gasteiger partial charge in [-0.25, -0.2) is 4.79 Å². The molecule has 2 unspecified atom stereocenters. The zero-order chi connectivity index (χ0) is 15.4. The van der Waals surface area contributed by atoms with Crippen molar-refractivity contribution in [3.8, 4) is 5.75 Å². The van der Waals surface area contributed by atoms with Crippen LogP contribution in [0.25, 0.3) is 0 Å². The Morgan fingerprint density at radius 1 is 1.33 bits per heavy atom. The van der Waals surface area contributed by atoms with Crippen LogP contribution >= 0.6 is 0 Å². The second-order valence-electron chi connectivity index (χ2n) is 5.08. The van der Waals surface area contributed by atoms with E-state index in [0.717, 1.165) is 0 Å². The minimum absolute atomic E-state index is 0.101. The molecule has 1 fully saturated rings.